The van der Waals surface area contributed by atoms with Crippen LogP contribution in [-0.2, 0) is 31.3 Å². The molecule has 19 nitrogen and oxygen atoms in total. The number of pyridine rings is 2. The molecule has 2 aliphatic heterocycles. The van der Waals surface area contributed by atoms with Crippen LogP contribution in [0.2, 0.25) is 0 Å². The number of benzene rings is 2. The fourth-order valence-corrected chi connectivity index (χ4v) is 8.44. The summed E-state index contributed by atoms with van der Waals surface area (Å²) < 4.78 is 117. The predicted octanol–water partition coefficient (Wildman–Crippen LogP) is 10.1. The van der Waals surface area contributed by atoms with Crippen molar-refractivity contribution in [2.45, 2.75) is 91.5 Å². The average molecular weight is 1100 g/mol. The van der Waals surface area contributed by atoms with E-state index in [9.17, 15) is 41.0 Å². The lowest BCUT2D eigenvalue weighted by atomic mass is 9.99. The zero-order chi connectivity index (χ0) is 57.2. The Kier molecular flexibility index (Phi) is 16.3. The molecule has 0 bridgehead atoms. The molecule has 2 fully saturated rings. The number of amides is 1. The summed E-state index contributed by atoms with van der Waals surface area (Å²) >= 11 is 0. The number of aryl methyl sites for hydroxylation is 2. The average Bonchev–Trinajstić information content (AvgIpc) is 4.39. The number of carboxylic acids is 1. The summed E-state index contributed by atoms with van der Waals surface area (Å²) in [6, 6.07) is 20.4. The number of alkyl halides is 6. The monoisotopic (exact) mass is 1100 g/mol. The summed E-state index contributed by atoms with van der Waals surface area (Å²) in [7, 11) is 0. The van der Waals surface area contributed by atoms with E-state index in [1.54, 1.807) is 64.1 Å². The predicted molar refractivity (Wildman–Crippen MR) is 274 cm³/mol. The number of rotatable bonds is 11. The van der Waals surface area contributed by atoms with Crippen molar-refractivity contribution in [3.05, 3.63) is 142 Å². The normalized spacial score (nSPS) is 16.7. The number of carbonyl (C=O) groups is 2. The number of nitrogens with zero attached hydrogens (tertiary/aromatic N) is 8. The minimum Gasteiger partial charge on any atom is -0.476 e. The summed E-state index contributed by atoms with van der Waals surface area (Å²) in [5.41, 5.74) is 6.61. The third-order valence-electron chi connectivity index (χ3n) is 12.5. The Bertz CT molecular complexity index is 3550. The number of nitrogen functional groups attached to an aromatic ring is 1. The van der Waals surface area contributed by atoms with Crippen LogP contribution in [0.5, 0.6) is 11.8 Å². The number of nitrogens with one attached hydrogen (secondary N) is 1. The molecule has 0 spiro atoms. The van der Waals surface area contributed by atoms with E-state index in [2.05, 4.69) is 35.5 Å². The first-order chi connectivity index (χ1) is 37.2. The molecule has 0 radical (unpaired) electrons. The number of aromatic carboxylic acids is 1. The molecule has 25 heteroatoms. The van der Waals surface area contributed by atoms with Crippen LogP contribution in [-0.4, -0.2) is 106 Å². The molecule has 0 saturated carbocycles. The Morgan fingerprint density at radius 3 is 1.53 bits per heavy atom. The Labute approximate surface area is 447 Å². The van der Waals surface area contributed by atoms with E-state index in [0.717, 1.165) is 22.8 Å². The highest BCUT2D eigenvalue weighted by atomic mass is 19.4. The summed E-state index contributed by atoms with van der Waals surface area (Å²) in [4.78, 5) is 41.1. The van der Waals surface area contributed by atoms with Crippen molar-refractivity contribution in [1.29, 1.82) is 0 Å². The minimum atomic E-state index is -4.57. The standard InChI is InChI=1S/C27H26F3N5O4.C16H12F3N3O2.C11H16N2O3/c1-15-16(2)24-31-12-20(35(24)34-23(15)18-8-5-6-9-19(18)27(28,29)30)25(36)33-21-10-7-11-22(32-21)37-13-17-14-38-26(3,4)39-17;1-8-9(2)14-20-7-12(15(23)24)22(14)21-13(8)10-5-3-4-6-11(10)16(17,18)19;1-11(2)15-7-8(16-11)6-14-10-5-3-4-9(12)13-10/h5-12,17H,13-14H2,1-4H3,(H,32,33,36);3-7H,1-2H3,(H,23,24);3-5,8H,6-7H2,1-2H3,(H2,12,13)/t17-;;8-/m0.0/s1. The molecule has 4 N–H and O–H groups in total. The number of ether oxygens (including phenoxy) is 6. The third-order valence-corrected chi connectivity index (χ3v) is 12.5. The molecule has 2 aliphatic rings. The van der Waals surface area contributed by atoms with Gasteiger partial charge in [-0.25, -0.2) is 23.8 Å². The van der Waals surface area contributed by atoms with Gasteiger partial charge in [0, 0.05) is 23.3 Å². The molecule has 8 aromatic rings. The zero-order valence-electron chi connectivity index (χ0n) is 43.9. The van der Waals surface area contributed by atoms with Gasteiger partial charge in [-0.3, -0.25) is 4.79 Å². The van der Waals surface area contributed by atoms with Crippen LogP contribution in [0.25, 0.3) is 33.8 Å². The topological polar surface area (TPSA) is 234 Å². The van der Waals surface area contributed by atoms with Crippen LogP contribution in [0.3, 0.4) is 0 Å². The second kappa shape index (κ2) is 22.6. The number of imidazole rings is 2. The fraction of sp³-hybridized carbons (Fsp3) is 0.333. The lowest BCUT2D eigenvalue weighted by Gasteiger charge is -2.17. The summed E-state index contributed by atoms with van der Waals surface area (Å²) in [6.45, 7) is 15.7. The van der Waals surface area contributed by atoms with Crippen molar-refractivity contribution in [2.24, 2.45) is 0 Å². The van der Waals surface area contributed by atoms with Gasteiger partial charge in [-0.15, -0.1) is 0 Å². The van der Waals surface area contributed by atoms with E-state index in [1.165, 1.54) is 47.1 Å². The molecular weight excluding hydrogens is 1050 g/mol. The Balaban J connectivity index is 0.000000174. The Morgan fingerprint density at radius 1 is 0.646 bits per heavy atom. The number of hydrogen-bond acceptors (Lipinski definition) is 15. The second-order valence-electron chi connectivity index (χ2n) is 19.1. The van der Waals surface area contributed by atoms with Gasteiger partial charge < -0.3 is 44.6 Å². The van der Waals surface area contributed by atoms with E-state index in [0.29, 0.717) is 65.1 Å². The maximum atomic E-state index is 13.7. The van der Waals surface area contributed by atoms with Gasteiger partial charge in [0.25, 0.3) is 5.91 Å². The van der Waals surface area contributed by atoms with Gasteiger partial charge in [-0.05, 0) is 102 Å². The van der Waals surface area contributed by atoms with Gasteiger partial charge in [-0.1, -0.05) is 48.5 Å². The lowest BCUT2D eigenvalue weighted by molar-refractivity contribution is -0.142. The van der Waals surface area contributed by atoms with Gasteiger partial charge in [0.15, 0.2) is 34.3 Å². The molecule has 2 aromatic carbocycles. The van der Waals surface area contributed by atoms with Crippen molar-refractivity contribution in [3.8, 4) is 34.3 Å². The van der Waals surface area contributed by atoms with Crippen molar-refractivity contribution in [1.82, 2.24) is 39.2 Å². The van der Waals surface area contributed by atoms with Crippen LogP contribution in [0.1, 0.15) is 82.1 Å². The summed E-state index contributed by atoms with van der Waals surface area (Å²) in [5.74, 6) is -1.60. The number of aromatic nitrogens is 8. The second-order valence-corrected chi connectivity index (χ2v) is 19.1. The van der Waals surface area contributed by atoms with Gasteiger partial charge in [0.2, 0.25) is 11.8 Å². The maximum Gasteiger partial charge on any atom is 0.417 e. The van der Waals surface area contributed by atoms with E-state index in [1.807, 2.05) is 27.7 Å². The van der Waals surface area contributed by atoms with Crippen molar-refractivity contribution in [2.75, 3.05) is 37.5 Å². The number of fused-ring (bicyclic) bond motifs is 2. The first-order valence-electron chi connectivity index (χ1n) is 24.4. The van der Waals surface area contributed by atoms with Crippen molar-refractivity contribution in [3.63, 3.8) is 0 Å². The minimum absolute atomic E-state index is 0.0331. The molecule has 6 aromatic heterocycles. The molecule has 0 aliphatic carbocycles. The van der Waals surface area contributed by atoms with Crippen LogP contribution < -0.4 is 20.5 Å². The van der Waals surface area contributed by atoms with Crippen LogP contribution >= 0.6 is 0 Å². The lowest BCUT2D eigenvalue weighted by Crippen LogP contribution is -2.25. The Morgan fingerprint density at radius 2 is 1.09 bits per heavy atom. The van der Waals surface area contributed by atoms with Crippen molar-refractivity contribution >= 4 is 34.8 Å². The largest absolute Gasteiger partial charge is 0.476 e. The quantitative estimate of drug-likeness (QED) is 0.102. The van der Waals surface area contributed by atoms with Gasteiger partial charge >= 0.3 is 18.3 Å². The van der Waals surface area contributed by atoms with Gasteiger partial charge in [0.1, 0.15) is 37.1 Å². The highest BCUT2D eigenvalue weighted by Crippen LogP contribution is 2.40. The van der Waals surface area contributed by atoms with Gasteiger partial charge in [-0.2, -0.15) is 46.5 Å². The summed E-state index contributed by atoms with van der Waals surface area (Å²) in [5, 5.41) is 20.4. The first-order valence-corrected chi connectivity index (χ1v) is 24.4. The molecule has 2 saturated heterocycles. The smallest absolute Gasteiger partial charge is 0.417 e. The van der Waals surface area contributed by atoms with E-state index in [-0.39, 0.29) is 64.4 Å². The maximum absolute atomic E-state index is 13.7. The summed E-state index contributed by atoms with van der Waals surface area (Å²) in [6.07, 6.45) is -6.97. The Hall–Kier alpha value is -8.26. The number of hydrogen-bond donors (Lipinski definition) is 3. The molecule has 2 atom stereocenters. The molecule has 1 amide bonds. The van der Waals surface area contributed by atoms with Crippen LogP contribution in [0, 0.1) is 27.7 Å². The SMILES string of the molecule is CC1(C)OC[C@H](COc2cccc(N)n2)O1.Cc1c(-c2ccccc2C(F)(F)F)nn2c(C(=O)Nc3cccc(OC[C@H]4COC(C)(C)O4)n3)cnc2c1C.Cc1c(-c2ccccc2C(F)(F)F)nn2c(C(=O)O)cnc2c1C. The molecule has 0 unspecified atom stereocenters. The van der Waals surface area contributed by atoms with Crippen molar-refractivity contribution < 1.29 is 69.5 Å². The van der Waals surface area contributed by atoms with Gasteiger partial charge in [0.05, 0.1) is 48.1 Å². The number of nitrogens with two attached hydrogens (primary N) is 1. The van der Waals surface area contributed by atoms with E-state index < -0.39 is 46.9 Å². The van der Waals surface area contributed by atoms with Crippen LogP contribution in [0.15, 0.2) is 97.3 Å². The fourth-order valence-electron chi connectivity index (χ4n) is 8.44. The highest BCUT2D eigenvalue weighted by molar-refractivity contribution is 6.03. The molecule has 8 heterocycles. The first kappa shape index (κ1) is 56.9. The third kappa shape index (κ3) is 13.2. The molecule has 10 rings (SSSR count). The van der Waals surface area contributed by atoms with E-state index >= 15 is 0 Å². The highest BCUT2D eigenvalue weighted by Gasteiger charge is 2.37. The zero-order valence-corrected chi connectivity index (χ0v) is 43.9. The number of carbonyl (C=O) groups excluding carboxylic acids is 1. The number of carboxylic acid groups (broad SMARTS) is 1. The molecule has 416 valence electrons. The number of anilines is 2. The number of halogens is 6. The van der Waals surface area contributed by atoms with E-state index in [4.69, 9.17) is 34.2 Å². The molecule has 79 heavy (non-hydrogen) atoms. The van der Waals surface area contributed by atoms with Crippen LogP contribution in [0.4, 0.5) is 38.0 Å². The molecular formula is C54H54F6N10O9.